The van der Waals surface area contributed by atoms with Gasteiger partial charge in [0.05, 0.1) is 0 Å². The van der Waals surface area contributed by atoms with Crippen LogP contribution < -0.4 is 0 Å². The fourth-order valence-electron chi connectivity index (χ4n) is 1.81. The van der Waals surface area contributed by atoms with Crippen LogP contribution >= 0.6 is 0 Å². The van der Waals surface area contributed by atoms with Crippen LogP contribution in [0.4, 0.5) is 0 Å². The Balaban J connectivity index is 2.60. The molecule has 0 N–H and O–H groups in total. The summed E-state index contributed by atoms with van der Waals surface area (Å²) in [5, 5.41) is 0. The van der Waals surface area contributed by atoms with Gasteiger partial charge >= 0.3 is 0 Å². The zero-order chi connectivity index (χ0) is 10.8. The summed E-state index contributed by atoms with van der Waals surface area (Å²) < 4.78 is 0. The van der Waals surface area contributed by atoms with Crippen LogP contribution in [0.5, 0.6) is 0 Å². The lowest BCUT2D eigenvalue weighted by Crippen LogP contribution is -2.09. The van der Waals surface area contributed by atoms with Gasteiger partial charge in [0.15, 0.2) is 5.78 Å². The van der Waals surface area contributed by atoms with Crippen LogP contribution in [0.15, 0.2) is 55.1 Å². The Morgan fingerprint density at radius 1 is 1.20 bits per heavy atom. The van der Waals surface area contributed by atoms with E-state index < -0.39 is 0 Å². The lowest BCUT2D eigenvalue weighted by Gasteiger charge is -2.16. The van der Waals surface area contributed by atoms with E-state index in [1.165, 1.54) is 0 Å². The molecule has 0 radical (unpaired) electrons. The molecule has 0 aromatic heterocycles. The van der Waals surface area contributed by atoms with Gasteiger partial charge in [-0.1, -0.05) is 36.9 Å². The van der Waals surface area contributed by atoms with E-state index in [-0.39, 0.29) is 5.78 Å². The molecule has 0 fully saturated rings. The molecule has 1 aromatic rings. The van der Waals surface area contributed by atoms with Crippen molar-refractivity contribution in [3.05, 3.63) is 66.3 Å². The first-order valence-corrected chi connectivity index (χ1v) is 4.88. The van der Waals surface area contributed by atoms with Crippen molar-refractivity contribution in [2.75, 3.05) is 0 Å². The van der Waals surface area contributed by atoms with Crippen molar-refractivity contribution < 1.29 is 4.79 Å². The monoisotopic (exact) mass is 196 g/mol. The van der Waals surface area contributed by atoms with Gasteiger partial charge < -0.3 is 0 Å². The Kier molecular flexibility index (Phi) is 2.38. The van der Waals surface area contributed by atoms with Crippen molar-refractivity contribution in [2.45, 2.75) is 6.42 Å². The van der Waals surface area contributed by atoms with Gasteiger partial charge in [-0.15, -0.1) is 6.58 Å². The molecule has 0 bridgehead atoms. The van der Waals surface area contributed by atoms with Gasteiger partial charge in [0.1, 0.15) is 0 Å². The third kappa shape index (κ3) is 1.57. The first kappa shape index (κ1) is 9.66. The molecular weight excluding hydrogens is 184 g/mol. The Morgan fingerprint density at radius 2 is 1.87 bits per heavy atom. The van der Waals surface area contributed by atoms with Crippen LogP contribution in [0.3, 0.4) is 0 Å². The van der Waals surface area contributed by atoms with Crippen LogP contribution in [-0.4, -0.2) is 5.78 Å². The van der Waals surface area contributed by atoms with Crippen molar-refractivity contribution >= 4 is 11.4 Å². The molecule has 0 unspecified atom stereocenters. The summed E-state index contributed by atoms with van der Waals surface area (Å²) in [6.07, 6.45) is 4.46. The lowest BCUT2D eigenvalue weighted by molar-refractivity contribution is 0.103. The SMILES string of the molecule is C=CCC1=CC(=C)C(=O)c2ccccc21. The highest BCUT2D eigenvalue weighted by Gasteiger charge is 2.20. The minimum atomic E-state index is 0.0263. The van der Waals surface area contributed by atoms with E-state index in [1.54, 1.807) is 0 Å². The fraction of sp³-hybridized carbons (Fsp3) is 0.0714. The average molecular weight is 196 g/mol. The second-order valence-corrected chi connectivity index (χ2v) is 3.56. The molecule has 74 valence electrons. The smallest absolute Gasteiger partial charge is 0.193 e. The molecule has 0 saturated carbocycles. The summed E-state index contributed by atoms with van der Waals surface area (Å²) in [5.74, 6) is 0.0263. The Morgan fingerprint density at radius 3 is 2.53 bits per heavy atom. The molecule has 0 heterocycles. The van der Waals surface area contributed by atoms with E-state index in [9.17, 15) is 4.79 Å². The number of hydrogen-bond acceptors (Lipinski definition) is 1. The number of ketones is 1. The number of fused-ring (bicyclic) bond motifs is 1. The number of carbonyl (C=O) groups excluding carboxylic acids is 1. The van der Waals surface area contributed by atoms with Gasteiger partial charge in [0, 0.05) is 11.1 Å². The van der Waals surface area contributed by atoms with E-state index in [2.05, 4.69) is 13.2 Å². The molecule has 1 aliphatic rings. The highest BCUT2D eigenvalue weighted by molar-refractivity contribution is 6.16. The van der Waals surface area contributed by atoms with E-state index >= 15 is 0 Å². The minimum Gasteiger partial charge on any atom is -0.289 e. The lowest BCUT2D eigenvalue weighted by atomic mass is 9.86. The van der Waals surface area contributed by atoms with Crippen LogP contribution in [0, 0.1) is 0 Å². The second kappa shape index (κ2) is 3.70. The van der Waals surface area contributed by atoms with Gasteiger partial charge in [0.2, 0.25) is 0 Å². The first-order chi connectivity index (χ1) is 7.24. The zero-order valence-electron chi connectivity index (χ0n) is 8.49. The van der Waals surface area contributed by atoms with Crippen LogP contribution in [0.1, 0.15) is 22.3 Å². The molecule has 2 rings (SSSR count). The van der Waals surface area contributed by atoms with E-state index in [1.807, 2.05) is 36.4 Å². The number of hydrogen-bond donors (Lipinski definition) is 0. The molecule has 1 aromatic carbocycles. The maximum atomic E-state index is 11.8. The van der Waals surface area contributed by atoms with Crippen molar-refractivity contribution in [1.29, 1.82) is 0 Å². The number of carbonyl (C=O) groups is 1. The largest absolute Gasteiger partial charge is 0.289 e. The molecule has 15 heavy (non-hydrogen) atoms. The van der Waals surface area contributed by atoms with Crippen LogP contribution in [0.25, 0.3) is 5.57 Å². The van der Waals surface area contributed by atoms with E-state index in [0.717, 1.165) is 23.1 Å². The average Bonchev–Trinajstić information content (AvgIpc) is 2.26. The fourth-order valence-corrected chi connectivity index (χ4v) is 1.81. The molecule has 0 atom stereocenters. The summed E-state index contributed by atoms with van der Waals surface area (Å²) >= 11 is 0. The Hall–Kier alpha value is -1.89. The molecule has 0 spiro atoms. The molecule has 1 nitrogen and oxygen atoms in total. The molecule has 1 aliphatic carbocycles. The van der Waals surface area contributed by atoms with Crippen molar-refractivity contribution in [3.8, 4) is 0 Å². The van der Waals surface area contributed by atoms with Gasteiger partial charge in [-0.2, -0.15) is 0 Å². The Bertz CT molecular complexity index is 478. The summed E-state index contributed by atoms with van der Waals surface area (Å²) in [7, 11) is 0. The number of Topliss-reactive ketones (excluding diaryl/α,β-unsaturated/α-hetero) is 1. The first-order valence-electron chi connectivity index (χ1n) is 4.88. The minimum absolute atomic E-state index is 0.0263. The Labute approximate surface area is 89.4 Å². The van der Waals surface area contributed by atoms with Crippen LogP contribution in [0.2, 0.25) is 0 Å². The predicted molar refractivity (Wildman–Crippen MR) is 62.7 cm³/mol. The second-order valence-electron chi connectivity index (χ2n) is 3.56. The van der Waals surface area contributed by atoms with Crippen molar-refractivity contribution in [1.82, 2.24) is 0 Å². The summed E-state index contributed by atoms with van der Waals surface area (Å²) in [6.45, 7) is 7.48. The van der Waals surface area contributed by atoms with Gasteiger partial charge in [-0.3, -0.25) is 4.79 Å². The zero-order valence-corrected chi connectivity index (χ0v) is 8.49. The van der Waals surface area contributed by atoms with Crippen molar-refractivity contribution in [2.24, 2.45) is 0 Å². The third-order valence-electron chi connectivity index (χ3n) is 2.52. The topological polar surface area (TPSA) is 17.1 Å². The summed E-state index contributed by atoms with van der Waals surface area (Å²) in [6, 6.07) is 7.63. The normalized spacial score (nSPS) is 14.5. The third-order valence-corrected chi connectivity index (χ3v) is 2.52. The predicted octanol–water partition coefficient (Wildman–Crippen LogP) is 3.40. The molecule has 0 saturated heterocycles. The van der Waals surface area contributed by atoms with E-state index in [4.69, 9.17) is 0 Å². The highest BCUT2D eigenvalue weighted by atomic mass is 16.1. The van der Waals surface area contributed by atoms with E-state index in [0.29, 0.717) is 5.57 Å². The van der Waals surface area contributed by atoms with Crippen LogP contribution in [-0.2, 0) is 0 Å². The highest BCUT2D eigenvalue weighted by Crippen LogP contribution is 2.30. The number of benzene rings is 1. The molecule has 0 amide bonds. The van der Waals surface area contributed by atoms with Gasteiger partial charge in [-0.25, -0.2) is 0 Å². The van der Waals surface area contributed by atoms with Gasteiger partial charge in [0.25, 0.3) is 0 Å². The number of allylic oxidation sites excluding steroid dienone is 4. The van der Waals surface area contributed by atoms with Gasteiger partial charge in [-0.05, 0) is 23.6 Å². The maximum Gasteiger partial charge on any atom is 0.193 e. The molecule has 0 aliphatic heterocycles. The summed E-state index contributed by atoms with van der Waals surface area (Å²) in [5.41, 5.74) is 3.44. The quantitative estimate of drug-likeness (QED) is 0.523. The van der Waals surface area contributed by atoms with Crippen molar-refractivity contribution in [3.63, 3.8) is 0 Å². The standard InChI is InChI=1S/C14H12O/c1-3-6-11-9-10(2)14(15)13-8-5-4-7-12(11)13/h3-5,7-9H,1-2,6H2. The molecule has 1 heteroatoms. The number of rotatable bonds is 2. The maximum absolute atomic E-state index is 11.8. The molecular formula is C14H12O. The summed E-state index contributed by atoms with van der Waals surface area (Å²) in [4.78, 5) is 11.8.